The zero-order valence-electron chi connectivity index (χ0n) is 44.9. The Bertz CT molecular complexity index is 3280. The van der Waals surface area contributed by atoms with Crippen LogP contribution in [0.4, 0.5) is 10.1 Å². The highest BCUT2D eigenvalue weighted by molar-refractivity contribution is 6.35. The van der Waals surface area contributed by atoms with Crippen LogP contribution >= 0.6 is 11.6 Å². The van der Waals surface area contributed by atoms with Crippen molar-refractivity contribution in [2.45, 2.75) is 92.3 Å². The van der Waals surface area contributed by atoms with Crippen molar-refractivity contribution in [2.75, 3.05) is 70.7 Å². The zero-order valence-corrected chi connectivity index (χ0v) is 45.6. The van der Waals surface area contributed by atoms with Gasteiger partial charge in [0.25, 0.3) is 5.91 Å². The third-order valence-electron chi connectivity index (χ3n) is 16.0. The van der Waals surface area contributed by atoms with Gasteiger partial charge in [0, 0.05) is 105 Å². The fourth-order valence-electron chi connectivity index (χ4n) is 11.7. The normalized spacial score (nSPS) is 17.9. The first-order valence-electron chi connectivity index (χ1n) is 26.9. The Kier molecular flexibility index (Phi) is 15.5. The highest BCUT2D eigenvalue weighted by atomic mass is 35.5. The number of carbonyl (C=O) groups excluding carboxylic acids is 5. The van der Waals surface area contributed by atoms with E-state index in [0.717, 1.165) is 120 Å². The summed E-state index contributed by atoms with van der Waals surface area (Å²) in [5, 5.41) is 10.1. The van der Waals surface area contributed by atoms with Crippen molar-refractivity contribution in [3.63, 3.8) is 0 Å². The van der Waals surface area contributed by atoms with E-state index in [2.05, 4.69) is 30.6 Å². The molecule has 406 valence electrons. The van der Waals surface area contributed by atoms with Crippen molar-refractivity contribution < 1.29 is 42.6 Å². The number of piperidine rings is 2. The maximum absolute atomic E-state index is 14.7. The van der Waals surface area contributed by atoms with E-state index in [1.807, 2.05) is 68.0 Å². The van der Waals surface area contributed by atoms with Crippen LogP contribution in [0.15, 0.2) is 66.7 Å². The number of hydrogen-bond donors (Lipinski definition) is 1. The summed E-state index contributed by atoms with van der Waals surface area (Å²) < 4.78 is 35.7. The number of rotatable bonds is 16. The number of halogens is 2. The number of esters is 2. The van der Waals surface area contributed by atoms with Gasteiger partial charge < -0.3 is 33.5 Å². The average molecular weight is 1070 g/mol. The largest absolute Gasteiger partial charge is 0.493 e. The van der Waals surface area contributed by atoms with E-state index in [0.29, 0.717) is 73.5 Å². The van der Waals surface area contributed by atoms with Crippen molar-refractivity contribution in [1.29, 1.82) is 0 Å². The van der Waals surface area contributed by atoms with Gasteiger partial charge in [0.05, 0.1) is 28.3 Å². The predicted octanol–water partition coefficient (Wildman–Crippen LogP) is 8.61. The van der Waals surface area contributed by atoms with Gasteiger partial charge in [-0.1, -0.05) is 29.8 Å². The van der Waals surface area contributed by atoms with E-state index in [1.54, 1.807) is 31.7 Å². The summed E-state index contributed by atoms with van der Waals surface area (Å²) in [6, 6.07) is 19.4. The lowest BCUT2D eigenvalue weighted by Gasteiger charge is -2.39. The Morgan fingerprint density at radius 2 is 1.62 bits per heavy atom. The molecule has 18 heteroatoms. The lowest BCUT2D eigenvalue weighted by atomic mass is 9.96. The van der Waals surface area contributed by atoms with Crippen molar-refractivity contribution in [1.82, 2.24) is 34.4 Å². The van der Waals surface area contributed by atoms with Gasteiger partial charge in [0.15, 0.2) is 0 Å². The van der Waals surface area contributed by atoms with Crippen LogP contribution in [0.2, 0.25) is 5.02 Å². The van der Waals surface area contributed by atoms with E-state index in [9.17, 15) is 28.4 Å². The van der Waals surface area contributed by atoms with Gasteiger partial charge in [0.2, 0.25) is 18.6 Å². The number of fused-ring (bicyclic) bond motifs is 3. The molecule has 0 unspecified atom stereocenters. The Morgan fingerprint density at radius 1 is 0.857 bits per heavy atom. The lowest BCUT2D eigenvalue weighted by molar-refractivity contribution is -0.161. The number of amides is 3. The van der Waals surface area contributed by atoms with Crippen LogP contribution in [-0.2, 0) is 50.4 Å². The molecule has 3 saturated heterocycles. The lowest BCUT2D eigenvalue weighted by Crippen LogP contribution is -2.52. The maximum Gasteiger partial charge on any atom is 0.358 e. The van der Waals surface area contributed by atoms with Crippen molar-refractivity contribution in [2.24, 2.45) is 18.4 Å². The van der Waals surface area contributed by atoms with E-state index in [4.69, 9.17) is 30.9 Å². The third kappa shape index (κ3) is 11.2. The summed E-state index contributed by atoms with van der Waals surface area (Å²) in [7, 11) is 1.91. The molecule has 16 nitrogen and oxygen atoms in total. The maximum atomic E-state index is 14.7. The Hall–Kier alpha value is -6.82. The summed E-state index contributed by atoms with van der Waals surface area (Å²) in [5.74, 6) is -1.11. The van der Waals surface area contributed by atoms with Gasteiger partial charge in [-0.2, -0.15) is 5.10 Å². The Labute approximate surface area is 453 Å². The van der Waals surface area contributed by atoms with Gasteiger partial charge in [0.1, 0.15) is 23.3 Å². The minimum atomic E-state index is -0.792. The first-order valence-corrected chi connectivity index (χ1v) is 27.3. The van der Waals surface area contributed by atoms with Crippen LogP contribution in [0.1, 0.15) is 96.2 Å². The molecule has 4 aliphatic rings. The summed E-state index contributed by atoms with van der Waals surface area (Å²) in [6.45, 7) is 16.8. The minimum Gasteiger partial charge on any atom is -0.493 e. The van der Waals surface area contributed by atoms with Gasteiger partial charge in [-0.15, -0.1) is 0 Å². The fourth-order valence-corrected chi connectivity index (χ4v) is 12.0. The standard InChI is InChI=1S/C59H68ClFN8O8/c1-36-51(37(2)64(6)63-36)52-47(60)17-16-46-45(10-8-30-75-49-11-7-9-39-31-41(61)12-14-43(39)49)54(57(73)76-35-77-58(74)59(3,4)5)68(53(46)52)29-26-65-22-20-38(21-23-65)33-66-24-27-67(28-25-66)42-13-15-44-40(32-42)34-69(56(44)72)48-18-19-50(70)62-55(48)71/h7,9,11-17,31-32,38,48H,8,10,18-30,33-35H2,1-6H3,(H,62,70,71)/t48-/m0/s1. The number of hydrogen-bond acceptors (Lipinski definition) is 12. The van der Waals surface area contributed by atoms with E-state index >= 15 is 0 Å². The van der Waals surface area contributed by atoms with Crippen LogP contribution in [0, 0.1) is 31.0 Å². The number of aromatic nitrogens is 3. The highest BCUT2D eigenvalue weighted by Crippen LogP contribution is 2.43. The first kappa shape index (κ1) is 53.6. The molecule has 1 N–H and O–H groups in total. The molecule has 0 bridgehead atoms. The van der Waals surface area contributed by atoms with Crippen molar-refractivity contribution in [3.05, 3.63) is 111 Å². The second-order valence-corrected chi connectivity index (χ2v) is 22.5. The molecule has 0 saturated carbocycles. The molecule has 2 aromatic heterocycles. The molecule has 6 aromatic rings. The van der Waals surface area contributed by atoms with Crippen molar-refractivity contribution in [3.8, 4) is 16.9 Å². The van der Waals surface area contributed by atoms with Crippen LogP contribution in [0.5, 0.6) is 5.75 Å². The van der Waals surface area contributed by atoms with Gasteiger partial charge in [-0.25, -0.2) is 9.18 Å². The summed E-state index contributed by atoms with van der Waals surface area (Å²) in [4.78, 5) is 74.2. The van der Waals surface area contributed by atoms with Crippen molar-refractivity contribution >= 4 is 68.6 Å². The van der Waals surface area contributed by atoms with Crippen LogP contribution in [0.25, 0.3) is 32.8 Å². The van der Waals surface area contributed by atoms with Gasteiger partial charge in [-0.3, -0.25) is 34.1 Å². The SMILES string of the molecule is Cc1nn(C)c(C)c1-c1c(Cl)ccc2c(CCCOc3cccc4cc(F)ccc34)c(C(=O)OCOC(=O)C(C)(C)C)n(CCN3CCC(CN4CCN(c5ccc6c(c5)CN([C@H]5CCC(=O)NC5=O)C6=O)CC4)CC3)c12. The third-order valence-corrected chi connectivity index (χ3v) is 16.3. The number of likely N-dealkylation sites (tertiary alicyclic amines) is 1. The minimum absolute atomic E-state index is 0.162. The molecule has 6 heterocycles. The quantitative estimate of drug-likeness (QED) is 0.0426. The molecule has 0 spiro atoms. The molecule has 0 aliphatic carbocycles. The Morgan fingerprint density at radius 3 is 2.35 bits per heavy atom. The molecule has 3 amide bonds. The number of piperazine rings is 1. The van der Waals surface area contributed by atoms with Crippen LogP contribution < -0.4 is 15.0 Å². The smallest absolute Gasteiger partial charge is 0.358 e. The zero-order chi connectivity index (χ0) is 54.3. The number of anilines is 1. The second-order valence-electron chi connectivity index (χ2n) is 22.1. The number of benzene rings is 4. The molecule has 3 fully saturated rings. The summed E-state index contributed by atoms with van der Waals surface area (Å²) in [5.41, 5.74) is 7.17. The first-order chi connectivity index (χ1) is 36.9. The number of ether oxygens (including phenoxy) is 3. The molecule has 1 atom stereocenters. The highest BCUT2D eigenvalue weighted by Gasteiger charge is 2.40. The van der Waals surface area contributed by atoms with Gasteiger partial charge >= 0.3 is 11.9 Å². The topological polar surface area (TPSA) is 161 Å². The second kappa shape index (κ2) is 22.3. The summed E-state index contributed by atoms with van der Waals surface area (Å²) in [6.07, 6.45) is 3.61. The molecule has 4 aromatic carbocycles. The van der Waals surface area contributed by atoms with E-state index < -0.39 is 36.1 Å². The number of nitrogens with zero attached hydrogens (tertiary/aromatic N) is 7. The predicted molar refractivity (Wildman–Crippen MR) is 292 cm³/mol. The number of carbonyl (C=O) groups is 5. The van der Waals surface area contributed by atoms with Crippen LogP contribution in [0.3, 0.4) is 0 Å². The molecule has 77 heavy (non-hydrogen) atoms. The average Bonchev–Trinajstić information content (AvgIpc) is 4.02. The molecule has 0 radical (unpaired) electrons. The Balaban J connectivity index is 0.836. The number of aryl methyl sites for hydroxylation is 3. The van der Waals surface area contributed by atoms with Gasteiger partial charge in [-0.05, 0) is 151 Å². The van der Waals surface area contributed by atoms with E-state index in [-0.39, 0.29) is 24.1 Å². The summed E-state index contributed by atoms with van der Waals surface area (Å²) >= 11 is 7.25. The van der Waals surface area contributed by atoms with Crippen LogP contribution in [-0.4, -0.2) is 131 Å². The molecule has 4 aliphatic heterocycles. The fraction of sp³-hybridized carbons (Fsp3) is 0.458. The molecular formula is C59H68ClFN8O8. The van der Waals surface area contributed by atoms with E-state index in [1.165, 1.54) is 12.1 Å². The monoisotopic (exact) mass is 1070 g/mol. The number of nitrogens with one attached hydrogen (secondary N) is 1. The molecule has 10 rings (SSSR count). The molecular weight excluding hydrogens is 1000 g/mol. The number of imide groups is 1.